The fourth-order valence-electron chi connectivity index (χ4n) is 3.36. The van der Waals surface area contributed by atoms with Crippen molar-refractivity contribution in [3.05, 3.63) is 16.3 Å². The lowest BCUT2D eigenvalue weighted by Gasteiger charge is -2.23. The molecule has 0 radical (unpaired) electrons. The third-order valence-corrected chi connectivity index (χ3v) is 5.64. The molecule has 0 bridgehead atoms. The number of aryl methyl sites for hydroxylation is 2. The van der Waals surface area contributed by atoms with Gasteiger partial charge in [-0.1, -0.05) is 0 Å². The molecule has 21 heavy (non-hydrogen) atoms. The summed E-state index contributed by atoms with van der Waals surface area (Å²) >= 11 is 1.87. The first-order valence-corrected chi connectivity index (χ1v) is 8.57. The molecule has 112 valence electrons. The van der Waals surface area contributed by atoms with E-state index < -0.39 is 0 Å². The van der Waals surface area contributed by atoms with Gasteiger partial charge in [-0.15, -0.1) is 11.3 Å². The maximum atomic E-state index is 5.42. The van der Waals surface area contributed by atoms with Crippen LogP contribution in [0.2, 0.25) is 0 Å². The molecule has 2 N–H and O–H groups in total. The van der Waals surface area contributed by atoms with E-state index in [-0.39, 0.29) is 0 Å². The standard InChI is InChI=1S/C15H20N4OS/c1-16-14-13-10-3-2-4-11(10)21-15(13)18-12(17-14)9-19-5-7-20-8-6-19/h2-9H2,1H3,(H,16,17,18)/p+1. The molecular formula is C15H21N4OS+. The summed E-state index contributed by atoms with van der Waals surface area (Å²) in [5.41, 5.74) is 1.49. The third-order valence-electron chi connectivity index (χ3n) is 4.46. The molecule has 0 unspecified atom stereocenters. The van der Waals surface area contributed by atoms with Gasteiger partial charge < -0.3 is 15.0 Å². The highest BCUT2D eigenvalue weighted by molar-refractivity contribution is 7.19. The molecule has 3 heterocycles. The molecule has 6 heteroatoms. The molecule has 0 spiro atoms. The van der Waals surface area contributed by atoms with E-state index in [0.29, 0.717) is 0 Å². The Bertz CT molecular complexity index is 663. The number of hydrogen-bond donors (Lipinski definition) is 2. The average Bonchev–Trinajstić information content (AvgIpc) is 3.07. The van der Waals surface area contributed by atoms with Crippen LogP contribution in [-0.2, 0) is 24.1 Å². The second-order valence-corrected chi connectivity index (χ2v) is 6.90. The van der Waals surface area contributed by atoms with Crippen LogP contribution in [-0.4, -0.2) is 43.3 Å². The first kappa shape index (κ1) is 13.4. The maximum absolute atomic E-state index is 5.42. The minimum absolute atomic E-state index is 0.851. The number of ether oxygens (including phenoxy) is 1. The van der Waals surface area contributed by atoms with Crippen LogP contribution in [0.1, 0.15) is 22.7 Å². The lowest BCUT2D eigenvalue weighted by Crippen LogP contribution is -3.12. The highest BCUT2D eigenvalue weighted by atomic mass is 32.1. The van der Waals surface area contributed by atoms with Crippen LogP contribution in [0, 0.1) is 0 Å². The zero-order valence-electron chi connectivity index (χ0n) is 12.4. The number of quaternary nitrogens is 1. The van der Waals surface area contributed by atoms with Crippen LogP contribution in [0.3, 0.4) is 0 Å². The summed E-state index contributed by atoms with van der Waals surface area (Å²) in [5.74, 6) is 1.98. The van der Waals surface area contributed by atoms with Crippen molar-refractivity contribution in [1.82, 2.24) is 9.97 Å². The van der Waals surface area contributed by atoms with Crippen LogP contribution in [0.4, 0.5) is 5.82 Å². The predicted molar refractivity (Wildman–Crippen MR) is 84.2 cm³/mol. The Morgan fingerprint density at radius 2 is 2.10 bits per heavy atom. The maximum Gasteiger partial charge on any atom is 0.187 e. The van der Waals surface area contributed by atoms with Crippen molar-refractivity contribution in [2.45, 2.75) is 25.8 Å². The fourth-order valence-corrected chi connectivity index (χ4v) is 4.64. The Morgan fingerprint density at radius 1 is 1.24 bits per heavy atom. The molecule has 2 aliphatic rings. The van der Waals surface area contributed by atoms with E-state index in [1.807, 2.05) is 18.4 Å². The van der Waals surface area contributed by atoms with Gasteiger partial charge >= 0.3 is 0 Å². The number of rotatable bonds is 3. The number of morpholine rings is 1. The summed E-state index contributed by atoms with van der Waals surface area (Å²) in [7, 11) is 1.96. The van der Waals surface area contributed by atoms with Crippen molar-refractivity contribution >= 4 is 27.4 Å². The highest BCUT2D eigenvalue weighted by Gasteiger charge is 2.23. The van der Waals surface area contributed by atoms with Crippen LogP contribution in [0.15, 0.2) is 0 Å². The number of thiophene rings is 1. The van der Waals surface area contributed by atoms with Gasteiger partial charge in [-0.25, -0.2) is 9.97 Å². The van der Waals surface area contributed by atoms with Gasteiger partial charge in [-0.2, -0.15) is 0 Å². The Balaban J connectivity index is 1.70. The van der Waals surface area contributed by atoms with Crippen LogP contribution in [0.5, 0.6) is 0 Å². The van der Waals surface area contributed by atoms with E-state index in [2.05, 4.69) is 5.32 Å². The van der Waals surface area contributed by atoms with E-state index in [1.54, 1.807) is 0 Å². The zero-order chi connectivity index (χ0) is 14.2. The molecule has 5 nitrogen and oxygen atoms in total. The summed E-state index contributed by atoms with van der Waals surface area (Å²) in [4.78, 5) is 13.8. The van der Waals surface area contributed by atoms with Gasteiger partial charge in [-0.3, -0.25) is 0 Å². The van der Waals surface area contributed by atoms with Crippen LogP contribution >= 0.6 is 11.3 Å². The van der Waals surface area contributed by atoms with E-state index in [1.165, 1.54) is 44.8 Å². The van der Waals surface area contributed by atoms with Crippen molar-refractivity contribution in [2.24, 2.45) is 0 Å². The zero-order valence-corrected chi connectivity index (χ0v) is 13.2. The number of hydrogen-bond acceptors (Lipinski definition) is 5. The summed E-state index contributed by atoms with van der Waals surface area (Å²) in [5, 5.41) is 4.56. The average molecular weight is 305 g/mol. The third kappa shape index (κ3) is 2.41. The van der Waals surface area contributed by atoms with Gasteiger partial charge in [0.2, 0.25) is 0 Å². The van der Waals surface area contributed by atoms with Crippen molar-refractivity contribution in [3.8, 4) is 0 Å². The Morgan fingerprint density at radius 3 is 2.90 bits per heavy atom. The van der Waals surface area contributed by atoms with Gasteiger partial charge in [0, 0.05) is 11.9 Å². The Labute approximate surface area is 128 Å². The summed E-state index contributed by atoms with van der Waals surface area (Å²) in [6, 6.07) is 0. The van der Waals surface area contributed by atoms with Crippen molar-refractivity contribution in [1.29, 1.82) is 0 Å². The van der Waals surface area contributed by atoms with Crippen molar-refractivity contribution < 1.29 is 9.64 Å². The minimum Gasteiger partial charge on any atom is -0.372 e. The van der Waals surface area contributed by atoms with E-state index in [0.717, 1.165) is 44.5 Å². The van der Waals surface area contributed by atoms with Crippen LogP contribution < -0.4 is 10.2 Å². The lowest BCUT2D eigenvalue weighted by molar-refractivity contribution is -0.922. The number of nitrogens with zero attached hydrogens (tertiary/aromatic N) is 2. The molecule has 2 aromatic rings. The second kappa shape index (κ2) is 5.51. The quantitative estimate of drug-likeness (QED) is 0.874. The molecule has 1 saturated heterocycles. The van der Waals surface area contributed by atoms with Gasteiger partial charge in [0.15, 0.2) is 5.82 Å². The van der Waals surface area contributed by atoms with Gasteiger partial charge in [-0.05, 0) is 24.8 Å². The smallest absolute Gasteiger partial charge is 0.187 e. The molecule has 2 aromatic heterocycles. The second-order valence-electron chi connectivity index (χ2n) is 5.82. The minimum atomic E-state index is 0.851. The molecule has 0 atom stereocenters. The fraction of sp³-hybridized carbons (Fsp3) is 0.600. The van der Waals surface area contributed by atoms with Crippen molar-refractivity contribution in [3.63, 3.8) is 0 Å². The molecule has 0 saturated carbocycles. The summed E-state index contributed by atoms with van der Waals surface area (Å²) in [6.07, 6.45) is 3.67. The van der Waals surface area contributed by atoms with Crippen molar-refractivity contribution in [2.75, 3.05) is 38.7 Å². The lowest BCUT2D eigenvalue weighted by atomic mass is 10.2. The van der Waals surface area contributed by atoms with Gasteiger partial charge in [0.25, 0.3) is 0 Å². The Hall–Kier alpha value is -1.24. The molecule has 1 aliphatic heterocycles. The summed E-state index contributed by atoms with van der Waals surface area (Å²) < 4.78 is 5.42. The molecule has 1 fully saturated rings. The summed E-state index contributed by atoms with van der Waals surface area (Å²) in [6.45, 7) is 4.71. The first-order valence-electron chi connectivity index (χ1n) is 7.75. The number of nitrogens with one attached hydrogen (secondary N) is 2. The number of anilines is 1. The molecule has 4 rings (SSSR count). The van der Waals surface area contributed by atoms with E-state index >= 15 is 0 Å². The highest BCUT2D eigenvalue weighted by Crippen LogP contribution is 2.39. The largest absolute Gasteiger partial charge is 0.372 e. The van der Waals surface area contributed by atoms with E-state index in [4.69, 9.17) is 14.7 Å². The van der Waals surface area contributed by atoms with E-state index in [9.17, 15) is 0 Å². The van der Waals surface area contributed by atoms with Gasteiger partial charge in [0.1, 0.15) is 30.3 Å². The topological polar surface area (TPSA) is 51.5 Å². The monoisotopic (exact) mass is 305 g/mol. The first-order chi connectivity index (χ1) is 10.3. The van der Waals surface area contributed by atoms with Crippen LogP contribution in [0.25, 0.3) is 10.2 Å². The normalized spacial score (nSPS) is 19.1. The number of fused-ring (bicyclic) bond motifs is 3. The molecule has 0 aromatic carbocycles. The van der Waals surface area contributed by atoms with Gasteiger partial charge in [0.05, 0.1) is 18.6 Å². The molecule has 0 amide bonds. The molecule has 1 aliphatic carbocycles. The predicted octanol–water partition coefficient (Wildman–Crippen LogP) is 0.637. The Kier molecular flexibility index (Phi) is 3.52. The SMILES string of the molecule is CNc1nc(C[NH+]2CCOCC2)nc2sc3c(c12)CCC3. The molecular weight excluding hydrogens is 284 g/mol. The number of aromatic nitrogens is 2.